The molecule has 0 aliphatic heterocycles. The van der Waals surface area contributed by atoms with Crippen LogP contribution in [0.3, 0.4) is 0 Å². The Morgan fingerprint density at radius 3 is 2.17 bits per heavy atom. The Kier molecular flexibility index (Phi) is 11.6. The summed E-state index contributed by atoms with van der Waals surface area (Å²) in [4.78, 5) is 30.0. The van der Waals surface area contributed by atoms with Crippen molar-refractivity contribution >= 4 is 27.5 Å². The molecular formula is C37H43N3O5S. The summed E-state index contributed by atoms with van der Waals surface area (Å²) in [5.74, 6) is -0.201. The number of ether oxygens (including phenoxy) is 1. The van der Waals surface area contributed by atoms with Gasteiger partial charge in [0.1, 0.15) is 18.3 Å². The van der Waals surface area contributed by atoms with Crippen LogP contribution < -0.4 is 14.4 Å². The van der Waals surface area contributed by atoms with E-state index in [-0.39, 0.29) is 23.8 Å². The molecule has 0 unspecified atom stereocenters. The van der Waals surface area contributed by atoms with Crippen LogP contribution in [0.15, 0.2) is 102 Å². The maximum absolute atomic E-state index is 14.6. The van der Waals surface area contributed by atoms with E-state index in [1.807, 2.05) is 94.4 Å². The summed E-state index contributed by atoms with van der Waals surface area (Å²) in [6.07, 6.45) is 0.975. The van der Waals surface area contributed by atoms with Crippen LogP contribution in [0.2, 0.25) is 0 Å². The average molecular weight is 642 g/mol. The molecule has 0 aromatic heterocycles. The number of methoxy groups -OCH3 is 1. The molecule has 0 saturated carbocycles. The summed E-state index contributed by atoms with van der Waals surface area (Å²) in [5.41, 5.74) is 4.50. The van der Waals surface area contributed by atoms with E-state index in [0.717, 1.165) is 28.7 Å². The first-order valence-electron chi connectivity index (χ1n) is 15.4. The molecule has 0 radical (unpaired) electrons. The van der Waals surface area contributed by atoms with Crippen molar-refractivity contribution < 1.29 is 22.7 Å². The quantitative estimate of drug-likeness (QED) is 0.183. The molecule has 1 N–H and O–H groups in total. The van der Waals surface area contributed by atoms with Crippen molar-refractivity contribution in [2.24, 2.45) is 0 Å². The predicted octanol–water partition coefficient (Wildman–Crippen LogP) is 5.98. The van der Waals surface area contributed by atoms with Crippen molar-refractivity contribution in [3.8, 4) is 5.75 Å². The van der Waals surface area contributed by atoms with Crippen LogP contribution in [0.4, 0.5) is 5.69 Å². The predicted molar refractivity (Wildman–Crippen MR) is 182 cm³/mol. The molecule has 0 spiro atoms. The molecule has 4 rings (SSSR count). The molecule has 9 heteroatoms. The van der Waals surface area contributed by atoms with Crippen LogP contribution in [-0.2, 0) is 32.6 Å². The lowest BCUT2D eigenvalue weighted by Gasteiger charge is -2.34. The van der Waals surface area contributed by atoms with Gasteiger partial charge in [-0.2, -0.15) is 0 Å². The third-order valence-electron chi connectivity index (χ3n) is 7.83. The second kappa shape index (κ2) is 15.6. The molecule has 4 aromatic carbocycles. The highest BCUT2D eigenvalue weighted by atomic mass is 32.2. The molecule has 0 heterocycles. The molecule has 0 aliphatic carbocycles. The molecule has 242 valence electrons. The minimum atomic E-state index is -4.18. The SMILES string of the molecule is CCCNC(=O)[C@@H](Cc1ccccc1)N(Cc1cccc(OC)c1)C(=O)CN(c1cc(C)ccc1C)S(=O)(=O)c1ccc(C)cc1. The number of sulfonamides is 1. The molecular weight excluding hydrogens is 598 g/mol. The smallest absolute Gasteiger partial charge is 0.264 e. The minimum Gasteiger partial charge on any atom is -0.497 e. The zero-order valence-electron chi connectivity index (χ0n) is 27.2. The summed E-state index contributed by atoms with van der Waals surface area (Å²) in [5, 5.41) is 2.97. The number of nitrogens with one attached hydrogen (secondary N) is 1. The van der Waals surface area contributed by atoms with Crippen molar-refractivity contribution in [1.82, 2.24) is 10.2 Å². The van der Waals surface area contributed by atoms with E-state index in [1.54, 1.807) is 37.4 Å². The van der Waals surface area contributed by atoms with Crippen molar-refractivity contribution in [3.05, 3.63) is 125 Å². The maximum atomic E-state index is 14.6. The molecule has 8 nitrogen and oxygen atoms in total. The fourth-order valence-electron chi connectivity index (χ4n) is 5.23. The van der Waals surface area contributed by atoms with Crippen molar-refractivity contribution in [2.75, 3.05) is 24.5 Å². The van der Waals surface area contributed by atoms with E-state index < -0.39 is 28.5 Å². The van der Waals surface area contributed by atoms with Gasteiger partial charge < -0.3 is 15.0 Å². The van der Waals surface area contributed by atoms with E-state index >= 15 is 0 Å². The molecule has 4 aromatic rings. The number of rotatable bonds is 14. The van der Waals surface area contributed by atoms with Crippen LogP contribution in [0.1, 0.15) is 41.2 Å². The first kappa shape index (κ1) is 34.2. The minimum absolute atomic E-state index is 0.0678. The molecule has 2 amide bonds. The van der Waals surface area contributed by atoms with E-state index in [4.69, 9.17) is 4.74 Å². The standard InChI is InChI=1S/C37H43N3O5S/c1-6-21-38-37(42)35(24-30-11-8-7-9-12-30)39(25-31-13-10-14-32(23-31)45-5)36(41)26-40(34-22-28(3)15-18-29(34)4)46(43,44)33-19-16-27(2)17-20-33/h7-20,22-23,35H,6,21,24-26H2,1-5H3,(H,38,42)/t35-/m1/s1. The number of amides is 2. The van der Waals surface area contributed by atoms with Gasteiger partial charge in [-0.25, -0.2) is 8.42 Å². The summed E-state index contributed by atoms with van der Waals surface area (Å²) < 4.78 is 35.2. The Labute approximate surface area is 273 Å². The Morgan fingerprint density at radius 2 is 1.50 bits per heavy atom. The first-order valence-corrected chi connectivity index (χ1v) is 16.9. The van der Waals surface area contributed by atoms with E-state index in [0.29, 0.717) is 23.5 Å². The Bertz CT molecular complexity index is 1740. The number of carbonyl (C=O) groups is 2. The highest BCUT2D eigenvalue weighted by Gasteiger charge is 2.35. The topological polar surface area (TPSA) is 96.0 Å². The monoisotopic (exact) mass is 641 g/mol. The molecule has 0 saturated heterocycles. The molecule has 0 fully saturated rings. The second-order valence-electron chi connectivity index (χ2n) is 11.5. The third kappa shape index (κ3) is 8.54. The zero-order valence-corrected chi connectivity index (χ0v) is 28.0. The number of nitrogens with zero attached hydrogens (tertiary/aromatic N) is 2. The van der Waals surface area contributed by atoms with Gasteiger partial charge in [-0.1, -0.05) is 79.2 Å². The van der Waals surface area contributed by atoms with Crippen LogP contribution in [-0.4, -0.2) is 51.4 Å². The van der Waals surface area contributed by atoms with Crippen LogP contribution >= 0.6 is 0 Å². The Balaban J connectivity index is 1.83. The number of anilines is 1. The largest absolute Gasteiger partial charge is 0.497 e. The third-order valence-corrected chi connectivity index (χ3v) is 9.60. The van der Waals surface area contributed by atoms with Gasteiger partial charge in [0.2, 0.25) is 11.8 Å². The lowest BCUT2D eigenvalue weighted by Crippen LogP contribution is -2.53. The van der Waals surface area contributed by atoms with Crippen LogP contribution in [0.25, 0.3) is 0 Å². The number of benzene rings is 4. The molecule has 0 bridgehead atoms. The summed E-state index contributed by atoms with van der Waals surface area (Å²) in [6, 6.07) is 28.0. The average Bonchev–Trinajstić information content (AvgIpc) is 3.05. The Hall–Kier alpha value is -4.63. The number of hydrogen-bond donors (Lipinski definition) is 1. The van der Waals surface area contributed by atoms with Gasteiger partial charge in [0.25, 0.3) is 10.0 Å². The van der Waals surface area contributed by atoms with E-state index in [1.165, 1.54) is 9.21 Å². The van der Waals surface area contributed by atoms with Gasteiger partial charge in [-0.3, -0.25) is 13.9 Å². The van der Waals surface area contributed by atoms with Crippen LogP contribution in [0.5, 0.6) is 5.75 Å². The molecule has 1 atom stereocenters. The highest BCUT2D eigenvalue weighted by Crippen LogP contribution is 2.29. The van der Waals surface area contributed by atoms with Gasteiger partial charge in [-0.15, -0.1) is 0 Å². The normalized spacial score (nSPS) is 11.8. The van der Waals surface area contributed by atoms with Crippen molar-refractivity contribution in [3.63, 3.8) is 0 Å². The first-order chi connectivity index (χ1) is 22.0. The fraction of sp³-hybridized carbons (Fsp3) is 0.297. The Morgan fingerprint density at radius 1 is 0.826 bits per heavy atom. The lowest BCUT2D eigenvalue weighted by atomic mass is 10.0. The number of aryl methyl sites for hydroxylation is 3. The maximum Gasteiger partial charge on any atom is 0.264 e. The zero-order chi connectivity index (χ0) is 33.3. The second-order valence-corrected chi connectivity index (χ2v) is 13.3. The molecule has 0 aliphatic rings. The van der Waals surface area contributed by atoms with E-state index in [2.05, 4.69) is 5.32 Å². The summed E-state index contributed by atoms with van der Waals surface area (Å²) in [6.45, 7) is 7.56. The van der Waals surface area contributed by atoms with Gasteiger partial charge >= 0.3 is 0 Å². The van der Waals surface area contributed by atoms with Gasteiger partial charge in [-0.05, 0) is 79.8 Å². The summed E-state index contributed by atoms with van der Waals surface area (Å²) in [7, 11) is -2.61. The number of hydrogen-bond acceptors (Lipinski definition) is 5. The van der Waals surface area contributed by atoms with Gasteiger partial charge in [0.15, 0.2) is 0 Å². The van der Waals surface area contributed by atoms with E-state index in [9.17, 15) is 18.0 Å². The lowest BCUT2D eigenvalue weighted by molar-refractivity contribution is -0.140. The summed E-state index contributed by atoms with van der Waals surface area (Å²) >= 11 is 0. The molecule has 46 heavy (non-hydrogen) atoms. The fourth-order valence-corrected chi connectivity index (χ4v) is 6.70. The van der Waals surface area contributed by atoms with Gasteiger partial charge in [0.05, 0.1) is 17.7 Å². The highest BCUT2D eigenvalue weighted by molar-refractivity contribution is 7.92. The number of carbonyl (C=O) groups excluding carboxylic acids is 2. The van der Waals surface area contributed by atoms with Crippen LogP contribution in [0, 0.1) is 20.8 Å². The van der Waals surface area contributed by atoms with Crippen molar-refractivity contribution in [1.29, 1.82) is 0 Å². The van der Waals surface area contributed by atoms with Crippen molar-refractivity contribution in [2.45, 2.75) is 58.0 Å². The van der Waals surface area contributed by atoms with Gasteiger partial charge in [0, 0.05) is 19.5 Å².